The van der Waals surface area contributed by atoms with E-state index in [0.29, 0.717) is 0 Å². The summed E-state index contributed by atoms with van der Waals surface area (Å²) in [6, 6.07) is 37.1. The van der Waals surface area contributed by atoms with Gasteiger partial charge in [-0.2, -0.15) is 0 Å². The summed E-state index contributed by atoms with van der Waals surface area (Å²) in [6.07, 6.45) is 3.99. The first-order valence-electron chi connectivity index (χ1n) is 12.6. The molecule has 4 heteroatoms. The molecule has 0 saturated carbocycles. The van der Waals surface area contributed by atoms with Crippen molar-refractivity contribution in [1.29, 1.82) is 0 Å². The number of imidazole rings is 1. The number of fused-ring (bicyclic) bond motifs is 13. The number of nitrogens with one attached hydrogen (secondary N) is 1. The lowest BCUT2D eigenvalue weighted by Crippen LogP contribution is -1.94. The van der Waals surface area contributed by atoms with E-state index in [2.05, 4.69) is 123 Å². The normalized spacial score (nSPS) is 12.3. The SMILES string of the molecule is c1ccc(-n2c3ccccc3c3cc4c(cc32)c2c3c(ccc2n2ccnc42)[nH]c2ccccc23)cc1. The van der Waals surface area contributed by atoms with Crippen LogP contribution in [0.4, 0.5) is 0 Å². The van der Waals surface area contributed by atoms with Crippen molar-refractivity contribution in [2.75, 3.05) is 0 Å². The van der Waals surface area contributed by atoms with Gasteiger partial charge in [-0.15, -0.1) is 0 Å². The maximum atomic E-state index is 4.83. The first-order valence-corrected chi connectivity index (χ1v) is 12.6. The average Bonchev–Trinajstić information content (AvgIpc) is 3.66. The molecule has 4 heterocycles. The van der Waals surface area contributed by atoms with Crippen molar-refractivity contribution in [1.82, 2.24) is 18.9 Å². The maximum Gasteiger partial charge on any atom is 0.145 e. The van der Waals surface area contributed by atoms with Gasteiger partial charge in [0.2, 0.25) is 0 Å². The summed E-state index contributed by atoms with van der Waals surface area (Å²) in [5.41, 5.74) is 8.03. The van der Waals surface area contributed by atoms with E-state index in [1.807, 2.05) is 6.20 Å². The Morgan fingerprint density at radius 3 is 2.27 bits per heavy atom. The van der Waals surface area contributed by atoms with Crippen LogP contribution in [0.3, 0.4) is 0 Å². The van der Waals surface area contributed by atoms with Crippen LogP contribution in [0.15, 0.2) is 116 Å². The number of rotatable bonds is 1. The van der Waals surface area contributed by atoms with E-state index >= 15 is 0 Å². The molecule has 0 radical (unpaired) electrons. The molecule has 0 saturated heterocycles. The highest BCUT2D eigenvalue weighted by Gasteiger charge is 2.19. The lowest BCUT2D eigenvalue weighted by Gasteiger charge is -2.12. The molecule has 0 unspecified atom stereocenters. The molecule has 9 rings (SSSR count). The second kappa shape index (κ2) is 6.77. The molecule has 9 aromatic rings. The van der Waals surface area contributed by atoms with E-state index in [0.717, 1.165) is 22.4 Å². The minimum atomic E-state index is 0.986. The van der Waals surface area contributed by atoms with Crippen LogP contribution < -0.4 is 0 Å². The quantitative estimate of drug-likeness (QED) is 0.239. The zero-order valence-corrected chi connectivity index (χ0v) is 19.8. The highest BCUT2D eigenvalue weighted by atomic mass is 15.0. The number of hydrogen-bond donors (Lipinski definition) is 1. The molecule has 0 aliphatic carbocycles. The van der Waals surface area contributed by atoms with E-state index in [1.54, 1.807) is 0 Å². The predicted octanol–water partition coefficient (Wildman–Crippen LogP) is 8.37. The summed E-state index contributed by atoms with van der Waals surface area (Å²) >= 11 is 0. The van der Waals surface area contributed by atoms with Crippen LogP contribution in [0.1, 0.15) is 0 Å². The highest BCUT2D eigenvalue weighted by molar-refractivity contribution is 6.30. The van der Waals surface area contributed by atoms with Crippen LogP contribution in [0, 0.1) is 0 Å². The molecule has 0 aliphatic heterocycles. The summed E-state index contributed by atoms with van der Waals surface area (Å²) in [7, 11) is 0. The molecule has 1 N–H and O–H groups in total. The summed E-state index contributed by atoms with van der Waals surface area (Å²) < 4.78 is 4.63. The Labute approximate surface area is 211 Å². The molecule has 0 atom stereocenters. The maximum absolute atomic E-state index is 4.83. The molecule has 0 fully saturated rings. The minimum absolute atomic E-state index is 0.986. The number of nitrogens with zero attached hydrogens (tertiary/aromatic N) is 3. The second-order valence-corrected chi connectivity index (χ2v) is 9.78. The molecule has 37 heavy (non-hydrogen) atoms. The molecule has 4 nitrogen and oxygen atoms in total. The van der Waals surface area contributed by atoms with Crippen LogP contribution in [-0.2, 0) is 0 Å². The van der Waals surface area contributed by atoms with Crippen molar-refractivity contribution >= 4 is 70.9 Å². The van der Waals surface area contributed by atoms with Gasteiger partial charge >= 0.3 is 0 Å². The van der Waals surface area contributed by atoms with Crippen molar-refractivity contribution in [2.45, 2.75) is 0 Å². The van der Waals surface area contributed by atoms with E-state index in [4.69, 9.17) is 4.98 Å². The van der Waals surface area contributed by atoms with Crippen LogP contribution in [0.2, 0.25) is 0 Å². The fourth-order valence-corrected chi connectivity index (χ4v) is 6.36. The van der Waals surface area contributed by atoms with Gasteiger partial charge in [0, 0.05) is 61.4 Å². The highest BCUT2D eigenvalue weighted by Crippen LogP contribution is 2.41. The van der Waals surface area contributed by atoms with Crippen molar-refractivity contribution in [3.8, 4) is 5.69 Å². The van der Waals surface area contributed by atoms with E-state index in [1.165, 1.54) is 54.3 Å². The molecule has 0 bridgehead atoms. The van der Waals surface area contributed by atoms with Gasteiger partial charge in [0.25, 0.3) is 0 Å². The molecule has 0 spiro atoms. The molecule has 172 valence electrons. The third-order valence-corrected chi connectivity index (χ3v) is 7.89. The fraction of sp³-hybridized carbons (Fsp3) is 0. The van der Waals surface area contributed by atoms with Gasteiger partial charge in [-0.3, -0.25) is 4.40 Å². The molecule has 0 amide bonds. The van der Waals surface area contributed by atoms with Gasteiger partial charge in [0.1, 0.15) is 5.65 Å². The summed E-state index contributed by atoms with van der Waals surface area (Å²) in [4.78, 5) is 8.47. The number of benzene rings is 5. The predicted molar refractivity (Wildman–Crippen MR) is 154 cm³/mol. The van der Waals surface area contributed by atoms with Crippen LogP contribution in [0.5, 0.6) is 0 Å². The second-order valence-electron chi connectivity index (χ2n) is 9.78. The van der Waals surface area contributed by atoms with E-state index in [9.17, 15) is 0 Å². The van der Waals surface area contributed by atoms with Gasteiger partial charge in [-0.05, 0) is 53.9 Å². The number of aromatic amines is 1. The molecule has 4 aromatic heterocycles. The first-order chi connectivity index (χ1) is 18.4. The Morgan fingerprint density at radius 2 is 1.35 bits per heavy atom. The summed E-state index contributed by atoms with van der Waals surface area (Å²) in [5, 5.41) is 8.63. The monoisotopic (exact) mass is 472 g/mol. The largest absolute Gasteiger partial charge is 0.354 e. The minimum Gasteiger partial charge on any atom is -0.354 e. The van der Waals surface area contributed by atoms with Crippen LogP contribution >= 0.6 is 0 Å². The lowest BCUT2D eigenvalue weighted by molar-refractivity contribution is 1.18. The Bertz CT molecular complexity index is 2350. The standard InChI is InChI=1S/C33H20N4/c1-2-8-20(9-3-1)37-28-13-7-5-10-21(28)23-18-25-24(19-30(23)37)32-29(36-17-16-34-33(25)36)15-14-27-31(32)22-11-4-6-12-26(22)35-27/h1-19,35H. The zero-order chi connectivity index (χ0) is 24.1. The van der Waals surface area contributed by atoms with Gasteiger partial charge in [-0.25, -0.2) is 4.98 Å². The van der Waals surface area contributed by atoms with E-state index < -0.39 is 0 Å². The van der Waals surface area contributed by atoms with Gasteiger partial charge in [0.15, 0.2) is 0 Å². The van der Waals surface area contributed by atoms with Crippen molar-refractivity contribution in [2.24, 2.45) is 0 Å². The van der Waals surface area contributed by atoms with Crippen LogP contribution in [0.25, 0.3) is 76.6 Å². The fourth-order valence-electron chi connectivity index (χ4n) is 6.36. The number of aromatic nitrogens is 4. The number of para-hydroxylation sites is 3. The lowest BCUT2D eigenvalue weighted by atomic mass is 9.99. The number of pyridine rings is 1. The first kappa shape index (κ1) is 19.1. The van der Waals surface area contributed by atoms with E-state index in [-0.39, 0.29) is 0 Å². The van der Waals surface area contributed by atoms with Crippen molar-refractivity contribution in [3.63, 3.8) is 0 Å². The third-order valence-electron chi connectivity index (χ3n) is 7.89. The number of H-pyrrole nitrogens is 1. The molecular weight excluding hydrogens is 452 g/mol. The van der Waals surface area contributed by atoms with Gasteiger partial charge in [-0.1, -0.05) is 54.6 Å². The van der Waals surface area contributed by atoms with Gasteiger partial charge in [0.05, 0.1) is 16.6 Å². The molecule has 5 aromatic carbocycles. The Kier molecular flexibility index (Phi) is 3.50. The Balaban J connectivity index is 1.60. The van der Waals surface area contributed by atoms with Crippen molar-refractivity contribution < 1.29 is 0 Å². The average molecular weight is 473 g/mol. The molecular formula is C33H20N4. The number of hydrogen-bond acceptors (Lipinski definition) is 1. The van der Waals surface area contributed by atoms with Crippen molar-refractivity contribution in [3.05, 3.63) is 116 Å². The Morgan fingerprint density at radius 1 is 0.541 bits per heavy atom. The van der Waals surface area contributed by atoms with Gasteiger partial charge < -0.3 is 9.55 Å². The topological polar surface area (TPSA) is 38.0 Å². The van der Waals surface area contributed by atoms with Crippen LogP contribution in [-0.4, -0.2) is 18.9 Å². The third kappa shape index (κ3) is 2.39. The smallest absolute Gasteiger partial charge is 0.145 e. The molecule has 0 aliphatic rings. The zero-order valence-electron chi connectivity index (χ0n) is 19.8. The Hall–Kier alpha value is -5.09. The summed E-state index contributed by atoms with van der Waals surface area (Å²) in [5.74, 6) is 0. The summed E-state index contributed by atoms with van der Waals surface area (Å²) in [6.45, 7) is 0.